The number of amides is 2. The van der Waals surface area contributed by atoms with Gasteiger partial charge in [0, 0.05) is 62.5 Å². The summed E-state index contributed by atoms with van der Waals surface area (Å²) in [6, 6.07) is 13.6. The van der Waals surface area contributed by atoms with Crippen LogP contribution < -0.4 is 9.46 Å². The van der Waals surface area contributed by atoms with Crippen LogP contribution in [0.2, 0.25) is 0 Å². The maximum Gasteiger partial charge on any atom is 0.303 e. The van der Waals surface area contributed by atoms with E-state index in [2.05, 4.69) is 38.5 Å². The summed E-state index contributed by atoms with van der Waals surface area (Å²) < 4.78 is 41.8. The third kappa shape index (κ3) is 7.09. The lowest BCUT2D eigenvalue weighted by Crippen LogP contribution is -2.43. The molecule has 0 radical (unpaired) electrons. The number of aryl methyl sites for hydroxylation is 1. The Labute approximate surface area is 306 Å². The summed E-state index contributed by atoms with van der Waals surface area (Å²) in [6.45, 7) is 3.82. The molecular weight excluding hydrogens is 681 g/mol. The fourth-order valence-corrected chi connectivity index (χ4v) is 8.66. The molecule has 13 heteroatoms. The molecule has 2 aromatic carbocycles. The van der Waals surface area contributed by atoms with Crippen molar-refractivity contribution in [2.75, 3.05) is 34.3 Å². The van der Waals surface area contributed by atoms with Crippen LogP contribution >= 0.6 is 0 Å². The average molecular weight is 731 g/mol. The maximum absolute atomic E-state index is 14.5. The van der Waals surface area contributed by atoms with Gasteiger partial charge in [0.15, 0.2) is 5.82 Å². The van der Waals surface area contributed by atoms with E-state index in [4.69, 9.17) is 9.26 Å². The number of carbonyl (C=O) groups is 2. The SMILES string of the molecule is CCCc1noc(C2CCN(C(=O)C3(Cn4c(-c5ccc(OC)cc5)c(C5CCCCC5)c5ccc(C(=O)NS(=O)(=O)N(C)C)cc54)CC3)CC2)n1. The van der Waals surface area contributed by atoms with E-state index >= 15 is 0 Å². The number of ether oxygens (including phenoxy) is 1. The number of rotatable bonds is 12. The van der Waals surface area contributed by atoms with Crippen LogP contribution in [0.25, 0.3) is 22.2 Å². The summed E-state index contributed by atoms with van der Waals surface area (Å²) in [4.78, 5) is 34.5. The summed E-state index contributed by atoms with van der Waals surface area (Å²) in [5.41, 5.74) is 3.81. The topological polar surface area (TPSA) is 140 Å². The van der Waals surface area contributed by atoms with Crippen molar-refractivity contribution in [3.8, 4) is 17.0 Å². The van der Waals surface area contributed by atoms with Crippen molar-refractivity contribution in [2.45, 2.75) is 95.9 Å². The molecule has 7 rings (SSSR count). The fraction of sp³-hybridized carbons (Fsp3) is 0.538. The van der Waals surface area contributed by atoms with Gasteiger partial charge in [-0.2, -0.15) is 17.7 Å². The lowest BCUT2D eigenvalue weighted by atomic mass is 9.81. The van der Waals surface area contributed by atoms with E-state index in [9.17, 15) is 18.0 Å². The van der Waals surface area contributed by atoms with Crippen LogP contribution in [0.15, 0.2) is 47.0 Å². The molecule has 0 bridgehead atoms. The molecule has 3 aliphatic rings. The lowest BCUT2D eigenvalue weighted by Gasteiger charge is -2.33. The highest BCUT2D eigenvalue weighted by atomic mass is 32.2. The van der Waals surface area contributed by atoms with Gasteiger partial charge in [0.2, 0.25) is 11.8 Å². The number of nitrogens with one attached hydrogen (secondary N) is 1. The van der Waals surface area contributed by atoms with Gasteiger partial charge < -0.3 is 18.7 Å². The predicted molar refractivity (Wildman–Crippen MR) is 198 cm³/mol. The van der Waals surface area contributed by atoms with E-state index in [1.54, 1.807) is 19.2 Å². The van der Waals surface area contributed by atoms with Gasteiger partial charge in [-0.25, -0.2) is 4.72 Å². The molecule has 3 fully saturated rings. The van der Waals surface area contributed by atoms with Crippen molar-refractivity contribution in [3.63, 3.8) is 0 Å². The molecule has 1 N–H and O–H groups in total. The number of piperidine rings is 1. The third-order valence-corrected chi connectivity index (χ3v) is 12.7. The Morgan fingerprint density at radius 1 is 1.00 bits per heavy atom. The Morgan fingerprint density at radius 2 is 1.71 bits per heavy atom. The van der Waals surface area contributed by atoms with Crippen molar-refractivity contribution in [2.24, 2.45) is 5.41 Å². The van der Waals surface area contributed by atoms with Crippen molar-refractivity contribution < 1.29 is 27.3 Å². The van der Waals surface area contributed by atoms with Crippen LogP contribution in [0.4, 0.5) is 0 Å². The number of fused-ring (bicyclic) bond motifs is 1. The Balaban J connectivity index is 1.26. The molecule has 2 aromatic heterocycles. The van der Waals surface area contributed by atoms with Crippen LogP contribution in [0.5, 0.6) is 5.75 Å². The van der Waals surface area contributed by atoms with Crippen LogP contribution in [-0.4, -0.2) is 78.4 Å². The van der Waals surface area contributed by atoms with Gasteiger partial charge in [0.05, 0.1) is 18.2 Å². The molecule has 2 amide bonds. The Hall–Kier alpha value is -4.23. The molecule has 0 atom stereocenters. The summed E-state index contributed by atoms with van der Waals surface area (Å²) in [5, 5.41) is 5.18. The highest BCUT2D eigenvalue weighted by Gasteiger charge is 2.53. The molecular formula is C39H50N6O6S. The molecule has 3 heterocycles. The van der Waals surface area contributed by atoms with Crippen LogP contribution in [-0.2, 0) is 28.0 Å². The predicted octanol–water partition coefficient (Wildman–Crippen LogP) is 6.42. The number of methoxy groups -OCH3 is 1. The van der Waals surface area contributed by atoms with Gasteiger partial charge >= 0.3 is 10.2 Å². The van der Waals surface area contributed by atoms with E-state index in [0.717, 1.165) is 102 Å². The molecule has 12 nitrogen and oxygen atoms in total. The number of aromatic nitrogens is 3. The van der Waals surface area contributed by atoms with Crippen molar-refractivity contribution in [3.05, 3.63) is 65.3 Å². The summed E-state index contributed by atoms with van der Waals surface area (Å²) in [6.07, 6.45) is 10.5. The van der Waals surface area contributed by atoms with Gasteiger partial charge in [-0.1, -0.05) is 37.4 Å². The third-order valence-electron chi connectivity index (χ3n) is 11.3. The average Bonchev–Trinajstić information content (AvgIpc) is 3.67. The molecule has 0 spiro atoms. The maximum atomic E-state index is 14.5. The minimum Gasteiger partial charge on any atom is -0.497 e. The Kier molecular flexibility index (Phi) is 10.2. The summed E-state index contributed by atoms with van der Waals surface area (Å²) in [5.74, 6) is 2.10. The summed E-state index contributed by atoms with van der Waals surface area (Å²) in [7, 11) is 0.418. The van der Waals surface area contributed by atoms with Crippen LogP contribution in [0.1, 0.15) is 111 Å². The van der Waals surface area contributed by atoms with Crippen LogP contribution in [0.3, 0.4) is 0 Å². The minimum atomic E-state index is -3.99. The summed E-state index contributed by atoms with van der Waals surface area (Å²) >= 11 is 0. The molecule has 2 aliphatic carbocycles. The van der Waals surface area contributed by atoms with E-state index in [0.29, 0.717) is 31.4 Å². The number of benzene rings is 2. The normalized spacial score (nSPS) is 18.2. The molecule has 1 aliphatic heterocycles. The highest BCUT2D eigenvalue weighted by molar-refractivity contribution is 7.87. The standard InChI is InChI=1S/C39H50N6O6S/c1-5-9-33-40-37(51-41-33)28-18-22-44(23-19-28)38(47)39(20-21-39)25-45-32-24-29(36(46)42-52(48,49)43(2)3)14-17-31(32)34(26-10-7-6-8-11-26)35(45)27-12-15-30(50-4)16-13-27/h12-17,24,26,28H,5-11,18-23,25H2,1-4H3,(H,42,46). The first-order valence-corrected chi connectivity index (χ1v) is 20.1. The number of carbonyl (C=O) groups excluding carboxylic acids is 2. The molecule has 0 unspecified atom stereocenters. The van der Waals surface area contributed by atoms with E-state index in [-0.39, 0.29) is 17.4 Å². The zero-order valence-electron chi connectivity index (χ0n) is 30.7. The zero-order valence-corrected chi connectivity index (χ0v) is 31.5. The fourth-order valence-electron chi connectivity index (χ4n) is 8.13. The Bertz CT molecular complexity index is 2030. The van der Waals surface area contributed by atoms with Crippen LogP contribution in [0, 0.1) is 5.41 Å². The van der Waals surface area contributed by atoms with E-state index in [1.165, 1.54) is 26.1 Å². The second kappa shape index (κ2) is 14.7. The van der Waals surface area contributed by atoms with Crippen molar-refractivity contribution in [1.29, 1.82) is 0 Å². The van der Waals surface area contributed by atoms with Gasteiger partial charge in [0.1, 0.15) is 5.75 Å². The monoisotopic (exact) mass is 730 g/mol. The zero-order chi connectivity index (χ0) is 36.6. The van der Waals surface area contributed by atoms with Crippen molar-refractivity contribution >= 4 is 32.9 Å². The molecule has 1 saturated heterocycles. The van der Waals surface area contributed by atoms with Gasteiger partial charge in [-0.15, -0.1) is 0 Å². The second-order valence-electron chi connectivity index (χ2n) is 15.0. The molecule has 52 heavy (non-hydrogen) atoms. The quantitative estimate of drug-likeness (QED) is 0.176. The number of nitrogens with zero attached hydrogens (tertiary/aromatic N) is 5. The first-order chi connectivity index (χ1) is 25.0. The molecule has 2 saturated carbocycles. The molecule has 278 valence electrons. The lowest BCUT2D eigenvalue weighted by molar-refractivity contribution is -0.138. The van der Waals surface area contributed by atoms with Gasteiger partial charge in [-0.05, 0) is 98.4 Å². The number of hydrogen-bond acceptors (Lipinski definition) is 8. The number of likely N-dealkylation sites (tertiary alicyclic amines) is 1. The highest BCUT2D eigenvalue weighted by Crippen LogP contribution is 2.52. The number of hydrogen-bond donors (Lipinski definition) is 1. The van der Waals surface area contributed by atoms with E-state index < -0.39 is 21.5 Å². The van der Waals surface area contributed by atoms with Crippen molar-refractivity contribution in [1.82, 2.24) is 28.6 Å². The van der Waals surface area contributed by atoms with Gasteiger partial charge in [-0.3, -0.25) is 9.59 Å². The largest absolute Gasteiger partial charge is 0.497 e. The second-order valence-corrected chi connectivity index (χ2v) is 16.9. The Morgan fingerprint density at radius 3 is 2.35 bits per heavy atom. The van der Waals surface area contributed by atoms with Gasteiger partial charge in [0.25, 0.3) is 5.91 Å². The first kappa shape index (κ1) is 36.1. The first-order valence-electron chi connectivity index (χ1n) is 18.7. The molecule has 4 aromatic rings. The smallest absolute Gasteiger partial charge is 0.303 e. The minimum absolute atomic E-state index is 0.145. The van der Waals surface area contributed by atoms with E-state index in [1.807, 2.05) is 23.1 Å².